The summed E-state index contributed by atoms with van der Waals surface area (Å²) in [5.74, 6) is 0. The topological polar surface area (TPSA) is 51.6 Å². The quantitative estimate of drug-likeness (QED) is 0.722. The van der Waals surface area contributed by atoms with Gasteiger partial charge in [-0.3, -0.25) is 0 Å². The first-order valence-electron chi connectivity index (χ1n) is 7.15. The number of rotatable bonds is 9. The first-order chi connectivity index (χ1) is 9.38. The van der Waals surface area contributed by atoms with Gasteiger partial charge in [0.2, 0.25) is 0 Å². The number of likely N-dealkylation sites (N-methyl/N-ethyl adjacent to an activating group) is 1. The number of hydrogen-bond donors (Lipinski definition) is 2. The highest BCUT2D eigenvalue weighted by atomic mass is 32.1. The fraction of sp³-hybridized carbons (Fsp3) is 0.786. The Morgan fingerprint density at radius 2 is 2.00 bits per heavy atom. The third-order valence-corrected chi connectivity index (χ3v) is 4.10. The van der Waals surface area contributed by atoms with E-state index in [2.05, 4.69) is 29.0 Å². The molecule has 20 heavy (non-hydrogen) atoms. The Morgan fingerprint density at radius 1 is 1.35 bits per heavy atom. The van der Waals surface area contributed by atoms with E-state index in [1.54, 1.807) is 11.3 Å². The molecule has 0 fully saturated rings. The van der Waals surface area contributed by atoms with Crippen molar-refractivity contribution in [2.45, 2.75) is 32.9 Å². The van der Waals surface area contributed by atoms with Gasteiger partial charge in [0.05, 0.1) is 5.60 Å². The molecular formula is C14H28N4OS. The zero-order valence-electron chi connectivity index (χ0n) is 13.3. The molecule has 0 amide bonds. The van der Waals surface area contributed by atoms with Crippen molar-refractivity contribution < 1.29 is 5.11 Å². The Kier molecular flexibility index (Phi) is 6.88. The molecule has 1 aromatic heterocycles. The van der Waals surface area contributed by atoms with E-state index in [-0.39, 0.29) is 0 Å². The first-order valence-corrected chi connectivity index (χ1v) is 7.97. The minimum absolute atomic E-state index is 0.573. The third-order valence-electron chi connectivity index (χ3n) is 3.04. The van der Waals surface area contributed by atoms with Crippen molar-refractivity contribution in [1.29, 1.82) is 0 Å². The molecule has 0 aromatic carbocycles. The molecule has 0 saturated carbocycles. The molecule has 1 aromatic rings. The highest BCUT2D eigenvalue weighted by Crippen LogP contribution is 2.22. The third kappa shape index (κ3) is 5.75. The van der Waals surface area contributed by atoms with Crippen molar-refractivity contribution in [3.63, 3.8) is 0 Å². The van der Waals surface area contributed by atoms with Crippen LogP contribution >= 0.6 is 11.3 Å². The molecule has 6 heteroatoms. The predicted octanol–water partition coefficient (Wildman–Crippen LogP) is 1.39. The van der Waals surface area contributed by atoms with Crippen LogP contribution in [0.15, 0.2) is 6.20 Å². The number of aliphatic hydroxyl groups is 1. The van der Waals surface area contributed by atoms with Crippen molar-refractivity contribution in [3.8, 4) is 0 Å². The van der Waals surface area contributed by atoms with Gasteiger partial charge in [-0.15, -0.1) is 11.3 Å². The van der Waals surface area contributed by atoms with Crippen LogP contribution in [0.4, 0.5) is 5.13 Å². The van der Waals surface area contributed by atoms with Crippen molar-refractivity contribution >= 4 is 16.5 Å². The zero-order chi connectivity index (χ0) is 15.2. The minimum Gasteiger partial charge on any atom is -0.388 e. The lowest BCUT2D eigenvalue weighted by Crippen LogP contribution is -2.45. The Bertz CT molecular complexity index is 388. The van der Waals surface area contributed by atoms with E-state index in [0.29, 0.717) is 13.1 Å². The summed E-state index contributed by atoms with van der Waals surface area (Å²) in [5, 5.41) is 14.6. The largest absolute Gasteiger partial charge is 0.388 e. The molecule has 1 atom stereocenters. The maximum atomic E-state index is 10.2. The second-order valence-corrected chi connectivity index (χ2v) is 6.71. The molecule has 0 saturated heterocycles. The summed E-state index contributed by atoms with van der Waals surface area (Å²) < 4.78 is 0. The molecule has 0 bridgehead atoms. The maximum Gasteiger partial charge on any atom is 0.185 e. The summed E-state index contributed by atoms with van der Waals surface area (Å²) in [6.45, 7) is 10.1. The van der Waals surface area contributed by atoms with Gasteiger partial charge in [0.25, 0.3) is 0 Å². The van der Waals surface area contributed by atoms with E-state index >= 15 is 0 Å². The van der Waals surface area contributed by atoms with Gasteiger partial charge in [-0.1, -0.05) is 0 Å². The molecule has 0 aliphatic rings. The molecule has 1 heterocycles. The molecule has 116 valence electrons. The molecular weight excluding hydrogens is 272 g/mol. The second-order valence-electron chi connectivity index (χ2n) is 5.62. The van der Waals surface area contributed by atoms with Crippen molar-refractivity contribution in [3.05, 3.63) is 11.1 Å². The average molecular weight is 300 g/mol. The second kappa shape index (κ2) is 7.93. The normalized spacial score (nSPS) is 14.6. The maximum absolute atomic E-state index is 10.2. The van der Waals surface area contributed by atoms with Gasteiger partial charge in [-0.05, 0) is 34.9 Å². The smallest absolute Gasteiger partial charge is 0.185 e. The van der Waals surface area contributed by atoms with Crippen molar-refractivity contribution in [2.24, 2.45) is 0 Å². The lowest BCUT2D eigenvalue weighted by Gasteiger charge is -2.27. The molecule has 0 aliphatic carbocycles. The summed E-state index contributed by atoms with van der Waals surface area (Å²) in [6, 6.07) is 0. The van der Waals surface area contributed by atoms with Gasteiger partial charge in [-0.2, -0.15) is 0 Å². The van der Waals surface area contributed by atoms with Crippen LogP contribution in [-0.2, 0) is 6.54 Å². The lowest BCUT2D eigenvalue weighted by molar-refractivity contribution is 0.0336. The molecule has 0 aliphatic heterocycles. The summed E-state index contributed by atoms with van der Waals surface area (Å²) >= 11 is 1.71. The van der Waals surface area contributed by atoms with Crippen LogP contribution in [0, 0.1) is 0 Å². The summed E-state index contributed by atoms with van der Waals surface area (Å²) in [6.07, 6.45) is 1.92. The molecule has 0 radical (unpaired) electrons. The minimum atomic E-state index is -0.712. The lowest BCUT2D eigenvalue weighted by atomic mass is 10.1. The van der Waals surface area contributed by atoms with Gasteiger partial charge in [0.15, 0.2) is 5.13 Å². The van der Waals surface area contributed by atoms with Crippen LogP contribution in [0.1, 0.15) is 25.6 Å². The SMILES string of the molecule is CCN(CC)c1ncc(CNCC(C)(O)CN(C)C)s1. The Morgan fingerprint density at radius 3 is 2.55 bits per heavy atom. The fourth-order valence-electron chi connectivity index (χ4n) is 2.21. The highest BCUT2D eigenvalue weighted by molar-refractivity contribution is 7.15. The fourth-order valence-corrected chi connectivity index (χ4v) is 3.22. The van der Waals surface area contributed by atoms with E-state index in [4.69, 9.17) is 0 Å². The van der Waals surface area contributed by atoms with Crippen molar-refractivity contribution in [1.82, 2.24) is 15.2 Å². The predicted molar refractivity (Wildman–Crippen MR) is 86.6 cm³/mol. The van der Waals surface area contributed by atoms with Crippen LogP contribution < -0.4 is 10.2 Å². The number of hydrogen-bond acceptors (Lipinski definition) is 6. The van der Waals surface area contributed by atoms with Crippen LogP contribution in [0.25, 0.3) is 0 Å². The number of thiazole rings is 1. The van der Waals surface area contributed by atoms with E-state index in [1.165, 1.54) is 4.88 Å². The molecule has 5 nitrogen and oxygen atoms in total. The van der Waals surface area contributed by atoms with Crippen molar-refractivity contribution in [2.75, 3.05) is 45.2 Å². The van der Waals surface area contributed by atoms with Gasteiger partial charge in [-0.25, -0.2) is 4.98 Å². The molecule has 0 spiro atoms. The summed E-state index contributed by atoms with van der Waals surface area (Å²) in [7, 11) is 3.93. The average Bonchev–Trinajstić information content (AvgIpc) is 2.77. The van der Waals surface area contributed by atoms with Gasteiger partial charge >= 0.3 is 0 Å². The van der Waals surface area contributed by atoms with Crippen LogP contribution in [-0.4, -0.2) is 60.9 Å². The van der Waals surface area contributed by atoms with E-state index in [0.717, 1.165) is 24.8 Å². The standard InChI is InChI=1S/C14H28N4OS/c1-6-18(7-2)13-16-9-12(20-13)8-15-10-14(3,19)11-17(4)5/h9,15,19H,6-8,10-11H2,1-5H3. The Balaban J connectivity index is 2.43. The number of aromatic nitrogens is 1. The highest BCUT2D eigenvalue weighted by Gasteiger charge is 2.20. The van der Waals surface area contributed by atoms with E-state index < -0.39 is 5.60 Å². The number of anilines is 1. The Hall–Kier alpha value is -0.690. The van der Waals surface area contributed by atoms with Crippen LogP contribution in [0.5, 0.6) is 0 Å². The van der Waals surface area contributed by atoms with Gasteiger partial charge in [0, 0.05) is 43.8 Å². The van der Waals surface area contributed by atoms with E-state index in [9.17, 15) is 5.11 Å². The monoisotopic (exact) mass is 300 g/mol. The van der Waals surface area contributed by atoms with Crippen LogP contribution in [0.3, 0.4) is 0 Å². The molecule has 1 rings (SSSR count). The number of nitrogens with one attached hydrogen (secondary N) is 1. The van der Waals surface area contributed by atoms with Crippen LogP contribution in [0.2, 0.25) is 0 Å². The van der Waals surface area contributed by atoms with Gasteiger partial charge < -0.3 is 20.2 Å². The van der Waals surface area contributed by atoms with E-state index in [1.807, 2.05) is 32.1 Å². The first kappa shape index (κ1) is 17.4. The Labute approximate surface area is 126 Å². The number of nitrogens with zero attached hydrogens (tertiary/aromatic N) is 3. The summed E-state index contributed by atoms with van der Waals surface area (Å²) in [5.41, 5.74) is -0.712. The van der Waals surface area contributed by atoms with Gasteiger partial charge in [0.1, 0.15) is 0 Å². The molecule has 2 N–H and O–H groups in total. The zero-order valence-corrected chi connectivity index (χ0v) is 14.1. The summed E-state index contributed by atoms with van der Waals surface area (Å²) in [4.78, 5) is 9.90. The molecule has 1 unspecified atom stereocenters.